The fourth-order valence-corrected chi connectivity index (χ4v) is 4.80. The first-order valence-corrected chi connectivity index (χ1v) is 10.2. The number of rotatable bonds is 2. The van der Waals surface area contributed by atoms with E-state index in [0.29, 0.717) is 27.5 Å². The van der Waals surface area contributed by atoms with Crippen LogP contribution in [0.5, 0.6) is 0 Å². The fourth-order valence-electron chi connectivity index (χ4n) is 3.30. The van der Waals surface area contributed by atoms with Crippen LogP contribution in [0.1, 0.15) is 21.6 Å². The zero-order valence-corrected chi connectivity index (χ0v) is 15.6. The molecule has 2 aromatic carbocycles. The molecular formula is C20H18N2O4S. The first-order chi connectivity index (χ1) is 13.0. The second-order valence-corrected chi connectivity index (χ2v) is 8.57. The van der Waals surface area contributed by atoms with E-state index in [0.717, 1.165) is 5.56 Å². The zero-order valence-electron chi connectivity index (χ0n) is 14.8. The van der Waals surface area contributed by atoms with Crippen LogP contribution in [0.15, 0.2) is 64.0 Å². The average molecular weight is 382 g/mol. The van der Waals surface area contributed by atoms with Gasteiger partial charge in [-0.05, 0) is 18.6 Å². The minimum Gasteiger partial charge on any atom is -0.355 e. The lowest BCUT2D eigenvalue weighted by Gasteiger charge is -2.20. The highest BCUT2D eigenvalue weighted by molar-refractivity contribution is 7.91. The molecule has 6 nitrogen and oxygen atoms in total. The number of aromatic nitrogens is 1. The van der Waals surface area contributed by atoms with Crippen LogP contribution in [-0.2, 0) is 16.4 Å². The van der Waals surface area contributed by atoms with Crippen LogP contribution >= 0.6 is 0 Å². The summed E-state index contributed by atoms with van der Waals surface area (Å²) in [7, 11) is -3.42. The molecule has 0 bridgehead atoms. The molecule has 0 unspecified atom stereocenters. The van der Waals surface area contributed by atoms with Gasteiger partial charge in [-0.25, -0.2) is 8.42 Å². The number of fused-ring (bicyclic) bond motifs is 1. The van der Waals surface area contributed by atoms with Gasteiger partial charge in [0.05, 0.1) is 16.3 Å². The van der Waals surface area contributed by atoms with Crippen molar-refractivity contribution in [2.45, 2.75) is 18.4 Å². The monoisotopic (exact) mass is 382 g/mol. The third kappa shape index (κ3) is 3.14. The summed E-state index contributed by atoms with van der Waals surface area (Å²) in [6.07, 6.45) is 0. The van der Waals surface area contributed by atoms with Crippen molar-refractivity contribution in [1.29, 1.82) is 0 Å². The number of nitrogens with zero attached hydrogens (tertiary/aromatic N) is 2. The van der Waals surface area contributed by atoms with Crippen molar-refractivity contribution in [2.75, 3.05) is 12.3 Å². The van der Waals surface area contributed by atoms with E-state index in [-0.39, 0.29) is 24.7 Å². The number of benzene rings is 2. The number of aryl methyl sites for hydroxylation is 1. The van der Waals surface area contributed by atoms with E-state index in [1.165, 1.54) is 0 Å². The second kappa shape index (κ2) is 6.66. The maximum absolute atomic E-state index is 13.3. The van der Waals surface area contributed by atoms with Crippen LogP contribution in [0.2, 0.25) is 0 Å². The lowest BCUT2D eigenvalue weighted by atomic mass is 10.1. The molecular weight excluding hydrogens is 364 g/mol. The van der Waals surface area contributed by atoms with Crippen molar-refractivity contribution in [3.8, 4) is 11.3 Å². The Bertz CT molecular complexity index is 1100. The molecule has 7 heteroatoms. The molecule has 138 valence electrons. The molecule has 1 amide bonds. The van der Waals surface area contributed by atoms with Crippen LogP contribution in [0.4, 0.5) is 0 Å². The van der Waals surface area contributed by atoms with Crippen LogP contribution < -0.4 is 0 Å². The molecule has 3 aromatic rings. The Balaban J connectivity index is 1.74. The van der Waals surface area contributed by atoms with E-state index in [2.05, 4.69) is 5.16 Å². The quantitative estimate of drug-likeness (QED) is 0.680. The van der Waals surface area contributed by atoms with E-state index in [1.54, 1.807) is 36.1 Å². The molecule has 4 rings (SSSR count). The Morgan fingerprint density at radius 3 is 2.56 bits per heavy atom. The van der Waals surface area contributed by atoms with Crippen molar-refractivity contribution < 1.29 is 17.7 Å². The number of carbonyl (C=O) groups is 1. The van der Waals surface area contributed by atoms with Crippen LogP contribution in [0.3, 0.4) is 0 Å². The van der Waals surface area contributed by atoms with Crippen molar-refractivity contribution >= 4 is 15.7 Å². The van der Waals surface area contributed by atoms with Crippen LogP contribution in [0, 0.1) is 6.92 Å². The Kier molecular flexibility index (Phi) is 4.31. The van der Waals surface area contributed by atoms with Gasteiger partial charge in [0.1, 0.15) is 5.56 Å². The SMILES string of the molecule is Cc1noc(-c2ccccc2)c1C(=O)N1CCS(=O)(=O)c2ccccc2C1. The lowest BCUT2D eigenvalue weighted by Crippen LogP contribution is -2.33. The van der Waals surface area contributed by atoms with Crippen LogP contribution in [0.25, 0.3) is 11.3 Å². The number of hydrogen-bond donors (Lipinski definition) is 0. The Morgan fingerprint density at radius 1 is 1.07 bits per heavy atom. The Morgan fingerprint density at radius 2 is 1.78 bits per heavy atom. The van der Waals surface area contributed by atoms with E-state index < -0.39 is 9.84 Å². The number of sulfone groups is 1. The summed E-state index contributed by atoms with van der Waals surface area (Å²) in [6.45, 7) is 2.06. The van der Waals surface area contributed by atoms with Gasteiger partial charge < -0.3 is 9.42 Å². The van der Waals surface area contributed by atoms with Gasteiger partial charge in [-0.1, -0.05) is 53.7 Å². The highest BCUT2D eigenvalue weighted by Gasteiger charge is 2.31. The first kappa shape index (κ1) is 17.5. The highest BCUT2D eigenvalue weighted by atomic mass is 32.2. The third-order valence-corrected chi connectivity index (χ3v) is 6.49. The second-order valence-electron chi connectivity index (χ2n) is 6.49. The minimum absolute atomic E-state index is 0.110. The van der Waals surface area contributed by atoms with Gasteiger partial charge in [-0.2, -0.15) is 0 Å². The highest BCUT2D eigenvalue weighted by Crippen LogP contribution is 2.29. The molecule has 0 atom stereocenters. The van der Waals surface area contributed by atoms with Crippen molar-refractivity contribution in [3.05, 3.63) is 71.4 Å². The molecule has 0 saturated carbocycles. The molecule has 0 fully saturated rings. The molecule has 2 heterocycles. The first-order valence-electron chi connectivity index (χ1n) is 8.59. The third-order valence-electron chi connectivity index (χ3n) is 4.70. The van der Waals surface area contributed by atoms with Crippen molar-refractivity contribution in [3.63, 3.8) is 0 Å². The summed E-state index contributed by atoms with van der Waals surface area (Å²) in [5, 5.41) is 3.96. The molecule has 0 N–H and O–H groups in total. The van der Waals surface area contributed by atoms with Crippen molar-refractivity contribution in [1.82, 2.24) is 10.1 Å². The summed E-state index contributed by atoms with van der Waals surface area (Å²) < 4.78 is 30.5. The Hall–Kier alpha value is -2.93. The van der Waals surface area contributed by atoms with Gasteiger partial charge >= 0.3 is 0 Å². The average Bonchev–Trinajstić information content (AvgIpc) is 3.00. The van der Waals surface area contributed by atoms with Gasteiger partial charge in [-0.3, -0.25) is 4.79 Å². The zero-order chi connectivity index (χ0) is 19.0. The number of amides is 1. The predicted molar refractivity (Wildman–Crippen MR) is 99.9 cm³/mol. The largest absolute Gasteiger partial charge is 0.355 e. The van der Waals surface area contributed by atoms with E-state index in [1.807, 2.05) is 30.3 Å². The normalized spacial score (nSPS) is 15.8. The van der Waals surface area contributed by atoms with E-state index >= 15 is 0 Å². The topological polar surface area (TPSA) is 80.5 Å². The maximum atomic E-state index is 13.3. The summed E-state index contributed by atoms with van der Waals surface area (Å²) in [5.41, 5.74) is 2.24. The molecule has 0 aliphatic carbocycles. The van der Waals surface area contributed by atoms with Gasteiger partial charge in [0, 0.05) is 18.7 Å². The maximum Gasteiger partial charge on any atom is 0.260 e. The summed E-state index contributed by atoms with van der Waals surface area (Å²) in [5.74, 6) is 0.0128. The molecule has 0 radical (unpaired) electrons. The Labute approximate surface area is 157 Å². The molecule has 0 saturated heterocycles. The number of hydrogen-bond acceptors (Lipinski definition) is 5. The summed E-state index contributed by atoms with van der Waals surface area (Å²) in [4.78, 5) is 15.1. The lowest BCUT2D eigenvalue weighted by molar-refractivity contribution is 0.0754. The van der Waals surface area contributed by atoms with Crippen molar-refractivity contribution in [2.24, 2.45) is 0 Å². The van der Waals surface area contributed by atoms with Crippen LogP contribution in [-0.4, -0.2) is 36.7 Å². The smallest absolute Gasteiger partial charge is 0.260 e. The molecule has 27 heavy (non-hydrogen) atoms. The molecule has 1 aliphatic heterocycles. The van der Waals surface area contributed by atoms with Gasteiger partial charge in [0.25, 0.3) is 5.91 Å². The standard InChI is InChI=1S/C20H18N2O4S/c1-14-18(19(26-21-14)15-7-3-2-4-8-15)20(23)22-11-12-27(24,25)17-10-6-5-9-16(17)13-22/h2-10H,11-13H2,1H3. The van der Waals surface area contributed by atoms with Gasteiger partial charge in [0.2, 0.25) is 0 Å². The summed E-state index contributed by atoms with van der Waals surface area (Å²) in [6, 6.07) is 16.1. The van der Waals surface area contributed by atoms with E-state index in [9.17, 15) is 13.2 Å². The minimum atomic E-state index is -3.42. The molecule has 1 aliphatic rings. The molecule has 0 spiro atoms. The fraction of sp³-hybridized carbons (Fsp3) is 0.200. The van der Waals surface area contributed by atoms with Gasteiger partial charge in [-0.15, -0.1) is 0 Å². The summed E-state index contributed by atoms with van der Waals surface area (Å²) >= 11 is 0. The number of carbonyl (C=O) groups excluding carboxylic acids is 1. The predicted octanol–water partition coefficient (Wildman–Crippen LogP) is 3.08. The van der Waals surface area contributed by atoms with Gasteiger partial charge in [0.15, 0.2) is 15.6 Å². The molecule has 1 aromatic heterocycles. The van der Waals surface area contributed by atoms with E-state index in [4.69, 9.17) is 4.52 Å².